The second kappa shape index (κ2) is 11.7. The number of benzene rings is 4. The predicted octanol–water partition coefficient (Wildman–Crippen LogP) is 9.61. The second-order valence-corrected chi connectivity index (χ2v) is 8.54. The number of allylic oxidation sites excluding steroid dienone is 6. The molecule has 0 bridgehead atoms. The molecule has 1 nitrogen and oxygen atoms in total. The van der Waals surface area contributed by atoms with Crippen LogP contribution in [0, 0.1) is 13.8 Å². The molecule has 4 aromatic carbocycles. The van der Waals surface area contributed by atoms with Crippen LogP contribution in [0.15, 0.2) is 140 Å². The van der Waals surface area contributed by atoms with Gasteiger partial charge < -0.3 is 4.90 Å². The standard InChI is InChI=1S/C34H31N/c1-4-5-6-8-13-31(30-11-9-7-10-12-30)26-29-18-24-34(25-19-29)35(32-20-14-27(2)15-21-32)33-22-16-28(3)17-23-33/h4-26H,1H2,2-3H3/b6-5-,13-8-,31-26+. The predicted molar refractivity (Wildman–Crippen MR) is 153 cm³/mol. The summed E-state index contributed by atoms with van der Waals surface area (Å²) in [5, 5.41) is 0. The molecule has 172 valence electrons. The molecule has 0 saturated heterocycles. The van der Waals surface area contributed by atoms with Crippen molar-refractivity contribution < 1.29 is 0 Å². The summed E-state index contributed by atoms with van der Waals surface area (Å²) in [7, 11) is 0. The first kappa shape index (κ1) is 23.8. The molecule has 35 heavy (non-hydrogen) atoms. The van der Waals surface area contributed by atoms with Gasteiger partial charge in [-0.25, -0.2) is 0 Å². The zero-order chi connectivity index (χ0) is 24.5. The maximum Gasteiger partial charge on any atom is 0.0462 e. The molecule has 0 unspecified atom stereocenters. The van der Waals surface area contributed by atoms with Gasteiger partial charge in [-0.15, -0.1) is 0 Å². The monoisotopic (exact) mass is 453 g/mol. The molecule has 0 spiro atoms. The van der Waals surface area contributed by atoms with Crippen molar-refractivity contribution in [3.8, 4) is 0 Å². The first-order valence-corrected chi connectivity index (χ1v) is 11.9. The molecule has 0 aromatic heterocycles. The quantitative estimate of drug-likeness (QED) is 0.190. The first-order chi connectivity index (χ1) is 17.1. The summed E-state index contributed by atoms with van der Waals surface area (Å²) in [5.41, 5.74) is 9.40. The molecule has 0 atom stereocenters. The van der Waals surface area contributed by atoms with Gasteiger partial charge in [-0.3, -0.25) is 0 Å². The molecule has 0 aliphatic rings. The Hall–Kier alpha value is -4.36. The molecule has 4 rings (SSSR count). The Labute approximate surface area is 209 Å². The summed E-state index contributed by atoms with van der Waals surface area (Å²) in [6.45, 7) is 7.97. The molecule has 0 radical (unpaired) electrons. The maximum atomic E-state index is 3.74. The molecule has 0 aliphatic carbocycles. The van der Waals surface area contributed by atoms with Crippen molar-refractivity contribution in [3.05, 3.63) is 162 Å². The molecule has 0 saturated carbocycles. The summed E-state index contributed by atoms with van der Waals surface area (Å²) >= 11 is 0. The molecular formula is C34H31N. The molecule has 0 aliphatic heterocycles. The van der Waals surface area contributed by atoms with Gasteiger partial charge in [-0.05, 0) is 73.0 Å². The van der Waals surface area contributed by atoms with Crippen LogP contribution in [-0.4, -0.2) is 0 Å². The summed E-state index contributed by atoms with van der Waals surface area (Å²) < 4.78 is 0. The van der Waals surface area contributed by atoms with E-state index in [1.54, 1.807) is 6.08 Å². The Morgan fingerprint density at radius 1 is 0.600 bits per heavy atom. The van der Waals surface area contributed by atoms with E-state index in [9.17, 15) is 0 Å². The van der Waals surface area contributed by atoms with Gasteiger partial charge in [0.15, 0.2) is 0 Å². The molecule has 0 amide bonds. The lowest BCUT2D eigenvalue weighted by Crippen LogP contribution is -2.09. The van der Waals surface area contributed by atoms with E-state index in [-0.39, 0.29) is 0 Å². The van der Waals surface area contributed by atoms with Crippen molar-refractivity contribution in [2.75, 3.05) is 4.90 Å². The topological polar surface area (TPSA) is 3.24 Å². The Morgan fingerprint density at radius 2 is 1.11 bits per heavy atom. The van der Waals surface area contributed by atoms with E-state index in [1.165, 1.54) is 16.7 Å². The lowest BCUT2D eigenvalue weighted by atomic mass is 10.0. The van der Waals surface area contributed by atoms with E-state index in [2.05, 4.69) is 135 Å². The van der Waals surface area contributed by atoms with Crippen molar-refractivity contribution in [2.24, 2.45) is 0 Å². The fourth-order valence-corrected chi connectivity index (χ4v) is 3.89. The number of hydrogen-bond donors (Lipinski definition) is 0. The van der Waals surface area contributed by atoms with Crippen molar-refractivity contribution in [3.63, 3.8) is 0 Å². The zero-order valence-electron chi connectivity index (χ0n) is 20.4. The molecular weight excluding hydrogens is 422 g/mol. The highest BCUT2D eigenvalue weighted by atomic mass is 15.1. The Kier molecular flexibility index (Phi) is 7.93. The molecule has 1 heteroatoms. The van der Waals surface area contributed by atoms with Gasteiger partial charge in [0.25, 0.3) is 0 Å². The minimum Gasteiger partial charge on any atom is -0.311 e. The second-order valence-electron chi connectivity index (χ2n) is 8.54. The fourth-order valence-electron chi connectivity index (χ4n) is 3.89. The lowest BCUT2D eigenvalue weighted by Gasteiger charge is -2.26. The van der Waals surface area contributed by atoms with Crippen LogP contribution >= 0.6 is 0 Å². The van der Waals surface area contributed by atoms with Gasteiger partial charge in [-0.2, -0.15) is 0 Å². The highest BCUT2D eigenvalue weighted by molar-refractivity contribution is 5.88. The Bertz CT molecular complexity index is 1280. The number of hydrogen-bond acceptors (Lipinski definition) is 1. The van der Waals surface area contributed by atoms with Crippen LogP contribution in [0.4, 0.5) is 17.1 Å². The van der Waals surface area contributed by atoms with Crippen molar-refractivity contribution in [1.29, 1.82) is 0 Å². The Balaban J connectivity index is 1.70. The van der Waals surface area contributed by atoms with E-state index in [4.69, 9.17) is 0 Å². The molecule has 4 aromatic rings. The number of nitrogens with zero attached hydrogens (tertiary/aromatic N) is 1. The fraction of sp³-hybridized carbons (Fsp3) is 0.0588. The summed E-state index contributed by atoms with van der Waals surface area (Å²) in [5.74, 6) is 0. The lowest BCUT2D eigenvalue weighted by molar-refractivity contribution is 1.27. The minimum atomic E-state index is 1.13. The van der Waals surface area contributed by atoms with Gasteiger partial charge in [-0.1, -0.05) is 115 Å². The summed E-state index contributed by atoms with van der Waals surface area (Å²) in [6, 6.07) is 36.6. The zero-order valence-corrected chi connectivity index (χ0v) is 20.4. The SMILES string of the molecule is C=C\C=C/C=C\C(=C/c1ccc(N(c2ccc(C)cc2)c2ccc(C)cc2)cc1)c1ccccc1. The first-order valence-electron chi connectivity index (χ1n) is 11.9. The van der Waals surface area contributed by atoms with E-state index in [0.29, 0.717) is 0 Å². The van der Waals surface area contributed by atoms with Gasteiger partial charge in [0.05, 0.1) is 0 Å². The average molecular weight is 454 g/mol. The minimum absolute atomic E-state index is 1.13. The number of anilines is 3. The van der Waals surface area contributed by atoms with Crippen molar-refractivity contribution >= 4 is 28.7 Å². The van der Waals surface area contributed by atoms with Gasteiger partial charge in [0, 0.05) is 17.1 Å². The van der Waals surface area contributed by atoms with Crippen LogP contribution in [0.3, 0.4) is 0 Å². The van der Waals surface area contributed by atoms with Crippen LogP contribution in [0.1, 0.15) is 22.3 Å². The van der Waals surface area contributed by atoms with Crippen LogP contribution in [0.5, 0.6) is 0 Å². The highest BCUT2D eigenvalue weighted by Crippen LogP contribution is 2.35. The highest BCUT2D eigenvalue weighted by Gasteiger charge is 2.12. The van der Waals surface area contributed by atoms with E-state index in [1.807, 2.05) is 24.3 Å². The maximum absolute atomic E-state index is 3.74. The third-order valence-electron chi connectivity index (χ3n) is 5.80. The van der Waals surface area contributed by atoms with E-state index in [0.717, 1.165) is 28.2 Å². The molecule has 0 fully saturated rings. The van der Waals surface area contributed by atoms with Crippen LogP contribution in [0.25, 0.3) is 11.6 Å². The molecule has 0 heterocycles. The van der Waals surface area contributed by atoms with E-state index >= 15 is 0 Å². The largest absolute Gasteiger partial charge is 0.311 e. The number of aryl methyl sites for hydroxylation is 2. The number of rotatable bonds is 8. The third-order valence-corrected chi connectivity index (χ3v) is 5.80. The normalized spacial score (nSPS) is 11.8. The van der Waals surface area contributed by atoms with Crippen LogP contribution in [-0.2, 0) is 0 Å². The molecule has 0 N–H and O–H groups in total. The summed E-state index contributed by atoms with van der Waals surface area (Å²) in [4.78, 5) is 2.30. The van der Waals surface area contributed by atoms with Crippen molar-refractivity contribution in [1.82, 2.24) is 0 Å². The van der Waals surface area contributed by atoms with Gasteiger partial charge in [0.1, 0.15) is 0 Å². The smallest absolute Gasteiger partial charge is 0.0462 e. The van der Waals surface area contributed by atoms with Crippen LogP contribution < -0.4 is 4.90 Å². The third kappa shape index (κ3) is 6.37. The van der Waals surface area contributed by atoms with Gasteiger partial charge >= 0.3 is 0 Å². The van der Waals surface area contributed by atoms with Crippen LogP contribution in [0.2, 0.25) is 0 Å². The Morgan fingerprint density at radius 3 is 1.63 bits per heavy atom. The van der Waals surface area contributed by atoms with Crippen molar-refractivity contribution in [2.45, 2.75) is 13.8 Å². The average Bonchev–Trinajstić information content (AvgIpc) is 2.89. The van der Waals surface area contributed by atoms with Gasteiger partial charge in [0.2, 0.25) is 0 Å². The van der Waals surface area contributed by atoms with E-state index < -0.39 is 0 Å². The summed E-state index contributed by atoms with van der Waals surface area (Å²) in [6.07, 6.45) is 12.1.